The van der Waals surface area contributed by atoms with Crippen LogP contribution in [-0.4, -0.2) is 17.3 Å². The molecule has 2 saturated carbocycles. The molecule has 4 atom stereocenters. The number of nitrogens with two attached hydrogens (primary N) is 1. The Kier molecular flexibility index (Phi) is 1.08. The van der Waals surface area contributed by atoms with E-state index in [1.165, 1.54) is 6.42 Å². The quantitative estimate of drug-likeness (QED) is 0.485. The summed E-state index contributed by atoms with van der Waals surface area (Å²) in [6, 6.07) is 0.304. The summed E-state index contributed by atoms with van der Waals surface area (Å²) in [7, 11) is 0. The first-order valence-corrected chi connectivity index (χ1v) is 3.71. The Balaban J connectivity index is 2.13. The van der Waals surface area contributed by atoms with Crippen molar-refractivity contribution in [1.82, 2.24) is 0 Å². The summed E-state index contributed by atoms with van der Waals surface area (Å²) in [6.07, 6.45) is 3.28. The number of fused-ring (bicyclic) bond motifs is 2. The van der Waals surface area contributed by atoms with Crippen molar-refractivity contribution in [2.45, 2.75) is 31.4 Å². The molecule has 0 unspecified atom stereocenters. The SMILES string of the molecule is N[C@@H]1C[C@H]2C[C@@H]1[C@@H](O)C2. The molecular formula is C7H13NO. The molecule has 2 fully saturated rings. The van der Waals surface area contributed by atoms with Crippen LogP contribution in [0.15, 0.2) is 0 Å². The monoisotopic (exact) mass is 127 g/mol. The normalized spacial score (nSPS) is 56.7. The summed E-state index contributed by atoms with van der Waals surface area (Å²) in [4.78, 5) is 0. The Bertz CT molecular complexity index is 114. The van der Waals surface area contributed by atoms with Gasteiger partial charge in [-0.3, -0.25) is 0 Å². The molecule has 0 heterocycles. The molecule has 0 spiro atoms. The van der Waals surface area contributed by atoms with Gasteiger partial charge in [-0.1, -0.05) is 0 Å². The van der Waals surface area contributed by atoms with Gasteiger partial charge in [0, 0.05) is 12.0 Å². The minimum atomic E-state index is -0.0706. The number of aliphatic hydroxyl groups excluding tert-OH is 1. The molecule has 0 aromatic heterocycles. The van der Waals surface area contributed by atoms with E-state index in [9.17, 15) is 5.11 Å². The van der Waals surface area contributed by atoms with Crippen LogP contribution in [0.4, 0.5) is 0 Å². The third-order valence-corrected chi connectivity index (χ3v) is 2.83. The van der Waals surface area contributed by atoms with Gasteiger partial charge in [-0.25, -0.2) is 0 Å². The van der Waals surface area contributed by atoms with E-state index in [0.717, 1.165) is 18.8 Å². The first-order valence-electron chi connectivity index (χ1n) is 3.71. The smallest absolute Gasteiger partial charge is 0.0585 e. The first kappa shape index (κ1) is 5.69. The molecule has 2 nitrogen and oxygen atoms in total. The maximum atomic E-state index is 9.31. The van der Waals surface area contributed by atoms with Gasteiger partial charge in [0.25, 0.3) is 0 Å². The maximum Gasteiger partial charge on any atom is 0.0585 e. The van der Waals surface area contributed by atoms with Crippen molar-refractivity contribution >= 4 is 0 Å². The largest absolute Gasteiger partial charge is 0.393 e. The van der Waals surface area contributed by atoms with Gasteiger partial charge in [0.05, 0.1) is 6.10 Å². The van der Waals surface area contributed by atoms with Crippen molar-refractivity contribution in [3.63, 3.8) is 0 Å². The molecule has 0 amide bonds. The Morgan fingerprint density at radius 2 is 2.00 bits per heavy atom. The lowest BCUT2D eigenvalue weighted by Gasteiger charge is -2.21. The molecule has 2 heteroatoms. The van der Waals surface area contributed by atoms with E-state index in [-0.39, 0.29) is 6.10 Å². The average molecular weight is 127 g/mol. The number of rotatable bonds is 0. The Labute approximate surface area is 55.1 Å². The third-order valence-electron chi connectivity index (χ3n) is 2.83. The van der Waals surface area contributed by atoms with Crippen LogP contribution in [0.2, 0.25) is 0 Å². The number of hydrogen-bond donors (Lipinski definition) is 2. The van der Waals surface area contributed by atoms with Crippen LogP contribution in [0.1, 0.15) is 19.3 Å². The molecule has 0 saturated heterocycles. The predicted octanol–water partition coefficient (Wildman–Crippen LogP) is 0.104. The van der Waals surface area contributed by atoms with Gasteiger partial charge in [-0.05, 0) is 25.2 Å². The van der Waals surface area contributed by atoms with Crippen LogP contribution in [0.3, 0.4) is 0 Å². The second kappa shape index (κ2) is 1.70. The van der Waals surface area contributed by atoms with E-state index in [4.69, 9.17) is 5.73 Å². The molecule has 0 radical (unpaired) electrons. The maximum absolute atomic E-state index is 9.31. The van der Waals surface area contributed by atoms with Crippen molar-refractivity contribution in [3.05, 3.63) is 0 Å². The molecule has 52 valence electrons. The molecule has 0 aromatic rings. The van der Waals surface area contributed by atoms with Gasteiger partial charge >= 0.3 is 0 Å². The van der Waals surface area contributed by atoms with Crippen molar-refractivity contribution in [2.75, 3.05) is 0 Å². The third kappa shape index (κ3) is 0.700. The predicted molar refractivity (Wildman–Crippen MR) is 34.8 cm³/mol. The van der Waals surface area contributed by atoms with Crippen molar-refractivity contribution in [1.29, 1.82) is 0 Å². The van der Waals surface area contributed by atoms with Crippen molar-refractivity contribution in [3.8, 4) is 0 Å². The number of aliphatic hydroxyl groups is 1. The molecule has 3 N–H and O–H groups in total. The van der Waals surface area contributed by atoms with Crippen LogP contribution in [0.5, 0.6) is 0 Å². The van der Waals surface area contributed by atoms with Gasteiger partial charge in [-0.15, -0.1) is 0 Å². The highest BCUT2D eigenvalue weighted by Gasteiger charge is 2.43. The molecule has 2 aliphatic carbocycles. The van der Waals surface area contributed by atoms with Gasteiger partial charge in [-0.2, -0.15) is 0 Å². The van der Waals surface area contributed by atoms with Crippen LogP contribution >= 0.6 is 0 Å². The Hall–Kier alpha value is -0.0800. The second-order valence-corrected chi connectivity index (χ2v) is 3.47. The Morgan fingerprint density at radius 1 is 1.22 bits per heavy atom. The van der Waals surface area contributed by atoms with Crippen LogP contribution in [0.25, 0.3) is 0 Å². The highest BCUT2D eigenvalue weighted by atomic mass is 16.3. The van der Waals surface area contributed by atoms with Crippen molar-refractivity contribution < 1.29 is 5.11 Å². The summed E-state index contributed by atoms with van der Waals surface area (Å²) in [6.45, 7) is 0. The molecule has 2 aliphatic rings. The van der Waals surface area contributed by atoms with E-state index >= 15 is 0 Å². The summed E-state index contributed by atoms with van der Waals surface area (Å²) in [5, 5.41) is 9.31. The molecule has 0 aromatic carbocycles. The molecular weight excluding hydrogens is 114 g/mol. The lowest BCUT2D eigenvalue weighted by molar-refractivity contribution is 0.103. The fraction of sp³-hybridized carbons (Fsp3) is 1.00. The molecule has 2 bridgehead atoms. The van der Waals surface area contributed by atoms with Crippen LogP contribution in [-0.2, 0) is 0 Å². The van der Waals surface area contributed by atoms with Gasteiger partial charge < -0.3 is 10.8 Å². The fourth-order valence-corrected chi connectivity index (χ4v) is 2.37. The number of hydrogen-bond acceptors (Lipinski definition) is 2. The van der Waals surface area contributed by atoms with E-state index < -0.39 is 0 Å². The molecule has 2 rings (SSSR count). The minimum Gasteiger partial charge on any atom is -0.393 e. The summed E-state index contributed by atoms with van der Waals surface area (Å²) in [5.41, 5.74) is 5.75. The standard InChI is InChI=1S/C7H13NO/c8-6-2-4-1-5(6)7(9)3-4/h4-7,9H,1-3,8H2/t4-,5+,6-,7+/m1/s1. The zero-order valence-corrected chi connectivity index (χ0v) is 5.46. The lowest BCUT2D eigenvalue weighted by atomic mass is 9.94. The Morgan fingerprint density at radius 3 is 2.33 bits per heavy atom. The lowest BCUT2D eigenvalue weighted by Crippen LogP contribution is -2.34. The summed E-state index contributed by atoms with van der Waals surface area (Å²) in [5.74, 6) is 1.19. The summed E-state index contributed by atoms with van der Waals surface area (Å²) >= 11 is 0. The zero-order chi connectivity index (χ0) is 6.43. The van der Waals surface area contributed by atoms with Crippen LogP contribution < -0.4 is 5.73 Å². The van der Waals surface area contributed by atoms with Gasteiger partial charge in [0.15, 0.2) is 0 Å². The zero-order valence-electron chi connectivity index (χ0n) is 5.46. The summed E-state index contributed by atoms with van der Waals surface area (Å²) < 4.78 is 0. The van der Waals surface area contributed by atoms with E-state index in [1.54, 1.807) is 0 Å². The van der Waals surface area contributed by atoms with E-state index in [2.05, 4.69) is 0 Å². The van der Waals surface area contributed by atoms with Crippen LogP contribution in [0, 0.1) is 11.8 Å². The van der Waals surface area contributed by atoms with Gasteiger partial charge in [0.2, 0.25) is 0 Å². The topological polar surface area (TPSA) is 46.2 Å². The molecule has 9 heavy (non-hydrogen) atoms. The highest BCUT2D eigenvalue weighted by Crippen LogP contribution is 2.43. The fourth-order valence-electron chi connectivity index (χ4n) is 2.37. The average Bonchev–Trinajstić information content (AvgIpc) is 2.22. The highest BCUT2D eigenvalue weighted by molar-refractivity contribution is 4.97. The van der Waals surface area contributed by atoms with Crippen molar-refractivity contribution in [2.24, 2.45) is 17.6 Å². The molecule has 0 aliphatic heterocycles. The van der Waals surface area contributed by atoms with E-state index in [0.29, 0.717) is 12.0 Å². The minimum absolute atomic E-state index is 0.0706. The second-order valence-electron chi connectivity index (χ2n) is 3.47. The van der Waals surface area contributed by atoms with E-state index in [1.807, 2.05) is 0 Å². The first-order chi connectivity index (χ1) is 4.27. The van der Waals surface area contributed by atoms with Gasteiger partial charge in [0.1, 0.15) is 0 Å².